The second-order valence-electron chi connectivity index (χ2n) is 3.72. The van der Waals surface area contributed by atoms with Crippen LogP contribution in [0.3, 0.4) is 0 Å². The van der Waals surface area contributed by atoms with Gasteiger partial charge in [0.1, 0.15) is 5.75 Å². The number of aromatic nitrogens is 1. The molecule has 18 heavy (non-hydrogen) atoms. The maximum Gasteiger partial charge on any atom is 0.258 e. The Hall–Kier alpha value is -2.17. The lowest BCUT2D eigenvalue weighted by Gasteiger charge is -2.10. The molecule has 94 valence electrons. The molecule has 0 fully saturated rings. The van der Waals surface area contributed by atoms with Gasteiger partial charge in [0, 0.05) is 13.1 Å². The number of aryl methyl sites for hydroxylation is 1. The first-order valence-electron chi connectivity index (χ1n) is 5.39. The molecule has 0 saturated carbocycles. The van der Waals surface area contributed by atoms with Crippen LogP contribution in [0.2, 0.25) is 0 Å². The summed E-state index contributed by atoms with van der Waals surface area (Å²) in [6.45, 7) is 1.83. The molecule has 2 aromatic rings. The number of pyridine rings is 1. The maximum absolute atomic E-state index is 13.5. The molecule has 0 bridgehead atoms. The standard InChI is InChI=1S/C13H12F2N2O/c1-8-5-3-4-6-11(8)18-13-10(15)7-9(14)12(16-2)17-13/h3-7H,1-2H3,(H,16,17). The number of ether oxygens (including phenoxy) is 1. The highest BCUT2D eigenvalue weighted by atomic mass is 19.1. The van der Waals surface area contributed by atoms with Gasteiger partial charge in [-0.05, 0) is 18.6 Å². The zero-order valence-corrected chi connectivity index (χ0v) is 10.00. The SMILES string of the molecule is CNc1nc(Oc2ccccc2C)c(F)cc1F. The molecule has 0 amide bonds. The lowest BCUT2D eigenvalue weighted by atomic mass is 10.2. The molecule has 1 heterocycles. The van der Waals surface area contributed by atoms with Crippen LogP contribution in [-0.2, 0) is 0 Å². The molecule has 1 aromatic carbocycles. The van der Waals surface area contributed by atoms with Crippen LogP contribution in [0.4, 0.5) is 14.6 Å². The minimum absolute atomic E-state index is 0.0556. The van der Waals surface area contributed by atoms with E-state index in [2.05, 4.69) is 10.3 Å². The summed E-state index contributed by atoms with van der Waals surface area (Å²) >= 11 is 0. The highest BCUT2D eigenvalue weighted by molar-refractivity contribution is 5.41. The van der Waals surface area contributed by atoms with E-state index < -0.39 is 11.6 Å². The molecule has 0 radical (unpaired) electrons. The Morgan fingerprint density at radius 3 is 2.56 bits per heavy atom. The second kappa shape index (κ2) is 5.00. The van der Waals surface area contributed by atoms with Gasteiger partial charge in [0.05, 0.1) is 0 Å². The molecular weight excluding hydrogens is 238 g/mol. The minimum atomic E-state index is -0.838. The van der Waals surface area contributed by atoms with E-state index in [1.165, 1.54) is 7.05 Å². The molecule has 3 nitrogen and oxygen atoms in total. The number of nitrogens with one attached hydrogen (secondary N) is 1. The summed E-state index contributed by atoms with van der Waals surface area (Å²) in [5, 5.41) is 2.53. The summed E-state index contributed by atoms with van der Waals surface area (Å²) in [7, 11) is 1.50. The number of rotatable bonds is 3. The Balaban J connectivity index is 2.38. The van der Waals surface area contributed by atoms with Crippen molar-refractivity contribution in [1.82, 2.24) is 4.98 Å². The van der Waals surface area contributed by atoms with Gasteiger partial charge in [0.25, 0.3) is 5.88 Å². The molecule has 0 aliphatic heterocycles. The van der Waals surface area contributed by atoms with E-state index in [1.807, 2.05) is 19.1 Å². The summed E-state index contributed by atoms with van der Waals surface area (Å²) in [5.41, 5.74) is 0.842. The summed E-state index contributed by atoms with van der Waals surface area (Å²) in [4.78, 5) is 3.74. The number of nitrogens with zero attached hydrogens (tertiary/aromatic N) is 1. The molecule has 0 atom stereocenters. The van der Waals surface area contributed by atoms with Crippen molar-refractivity contribution in [2.75, 3.05) is 12.4 Å². The monoisotopic (exact) mass is 250 g/mol. The van der Waals surface area contributed by atoms with Crippen LogP contribution < -0.4 is 10.1 Å². The van der Waals surface area contributed by atoms with Crippen LogP contribution in [0.1, 0.15) is 5.56 Å². The number of halogens is 2. The largest absolute Gasteiger partial charge is 0.436 e. The summed E-state index contributed by atoms with van der Waals surface area (Å²) < 4.78 is 32.1. The number of benzene rings is 1. The van der Waals surface area contributed by atoms with Gasteiger partial charge in [0.15, 0.2) is 17.5 Å². The lowest BCUT2D eigenvalue weighted by molar-refractivity contribution is 0.416. The normalized spacial score (nSPS) is 10.2. The van der Waals surface area contributed by atoms with Gasteiger partial charge < -0.3 is 10.1 Å². The van der Waals surface area contributed by atoms with Gasteiger partial charge >= 0.3 is 0 Å². The average molecular weight is 250 g/mol. The average Bonchev–Trinajstić information content (AvgIpc) is 2.35. The predicted octanol–water partition coefficient (Wildman–Crippen LogP) is 3.50. The molecular formula is C13H12F2N2O. The Morgan fingerprint density at radius 1 is 1.17 bits per heavy atom. The first-order chi connectivity index (χ1) is 8.61. The van der Waals surface area contributed by atoms with Crippen LogP contribution in [0.25, 0.3) is 0 Å². The van der Waals surface area contributed by atoms with E-state index in [1.54, 1.807) is 12.1 Å². The summed E-state index contributed by atoms with van der Waals surface area (Å²) in [6, 6.07) is 7.87. The van der Waals surface area contributed by atoms with Gasteiger partial charge in [-0.15, -0.1) is 0 Å². The van der Waals surface area contributed by atoms with Crippen molar-refractivity contribution in [3.05, 3.63) is 47.5 Å². The van der Waals surface area contributed by atoms with E-state index in [4.69, 9.17) is 4.74 Å². The van der Waals surface area contributed by atoms with Crippen molar-refractivity contribution in [3.8, 4) is 11.6 Å². The molecule has 0 unspecified atom stereocenters. The minimum Gasteiger partial charge on any atom is -0.436 e. The fraction of sp³-hybridized carbons (Fsp3) is 0.154. The van der Waals surface area contributed by atoms with E-state index in [-0.39, 0.29) is 11.7 Å². The second-order valence-corrected chi connectivity index (χ2v) is 3.72. The molecule has 1 aromatic heterocycles. The first kappa shape index (κ1) is 12.3. The molecule has 0 aliphatic rings. The van der Waals surface area contributed by atoms with Crippen molar-refractivity contribution in [1.29, 1.82) is 0 Å². The zero-order chi connectivity index (χ0) is 13.1. The summed E-state index contributed by atoms with van der Waals surface area (Å²) in [5.74, 6) is -1.42. The molecule has 0 spiro atoms. The van der Waals surface area contributed by atoms with Crippen molar-refractivity contribution in [3.63, 3.8) is 0 Å². The summed E-state index contributed by atoms with van der Waals surface area (Å²) in [6.07, 6.45) is 0. The highest BCUT2D eigenvalue weighted by Gasteiger charge is 2.13. The third-order valence-electron chi connectivity index (χ3n) is 2.43. The van der Waals surface area contributed by atoms with E-state index in [9.17, 15) is 8.78 Å². The fourth-order valence-corrected chi connectivity index (χ4v) is 1.47. The van der Waals surface area contributed by atoms with E-state index >= 15 is 0 Å². The molecule has 0 saturated heterocycles. The maximum atomic E-state index is 13.5. The van der Waals surface area contributed by atoms with Gasteiger partial charge in [-0.25, -0.2) is 8.78 Å². The Labute approximate surface area is 103 Å². The molecule has 2 rings (SSSR count). The van der Waals surface area contributed by atoms with E-state index in [0.29, 0.717) is 5.75 Å². The zero-order valence-electron chi connectivity index (χ0n) is 10.00. The molecule has 5 heteroatoms. The van der Waals surface area contributed by atoms with Crippen LogP contribution in [0, 0.1) is 18.6 Å². The van der Waals surface area contributed by atoms with Crippen molar-refractivity contribution < 1.29 is 13.5 Å². The number of hydrogen-bond donors (Lipinski definition) is 1. The van der Waals surface area contributed by atoms with Crippen LogP contribution in [0.5, 0.6) is 11.6 Å². The first-order valence-corrected chi connectivity index (χ1v) is 5.39. The Kier molecular flexibility index (Phi) is 3.41. The third-order valence-corrected chi connectivity index (χ3v) is 2.43. The third kappa shape index (κ3) is 2.40. The Morgan fingerprint density at radius 2 is 1.89 bits per heavy atom. The number of para-hydroxylation sites is 1. The quantitative estimate of drug-likeness (QED) is 0.905. The molecule has 0 aliphatic carbocycles. The van der Waals surface area contributed by atoms with Crippen molar-refractivity contribution in [2.45, 2.75) is 6.92 Å². The number of anilines is 1. The fourth-order valence-electron chi connectivity index (χ4n) is 1.47. The van der Waals surface area contributed by atoms with Gasteiger partial charge in [-0.3, -0.25) is 0 Å². The van der Waals surface area contributed by atoms with Gasteiger partial charge in [-0.2, -0.15) is 4.98 Å². The highest BCUT2D eigenvalue weighted by Crippen LogP contribution is 2.27. The van der Waals surface area contributed by atoms with Crippen molar-refractivity contribution >= 4 is 5.82 Å². The Bertz CT molecular complexity index is 573. The van der Waals surface area contributed by atoms with Gasteiger partial charge in [-0.1, -0.05) is 18.2 Å². The van der Waals surface area contributed by atoms with E-state index in [0.717, 1.165) is 11.6 Å². The predicted molar refractivity (Wildman–Crippen MR) is 65.0 cm³/mol. The van der Waals surface area contributed by atoms with Crippen LogP contribution >= 0.6 is 0 Å². The smallest absolute Gasteiger partial charge is 0.258 e. The number of hydrogen-bond acceptors (Lipinski definition) is 3. The van der Waals surface area contributed by atoms with Crippen LogP contribution in [0.15, 0.2) is 30.3 Å². The topological polar surface area (TPSA) is 34.2 Å². The van der Waals surface area contributed by atoms with Crippen LogP contribution in [-0.4, -0.2) is 12.0 Å². The van der Waals surface area contributed by atoms with Crippen molar-refractivity contribution in [2.24, 2.45) is 0 Å². The lowest BCUT2D eigenvalue weighted by Crippen LogP contribution is -2.01. The van der Waals surface area contributed by atoms with Gasteiger partial charge in [0.2, 0.25) is 0 Å². The molecule has 1 N–H and O–H groups in total.